The number of amides is 1. The molecular formula is C22H21N5OS. The smallest absolute Gasteiger partial charge is 0.264 e. The molecule has 1 amide bonds. The Bertz CT molecular complexity index is 1190. The average Bonchev–Trinajstić information content (AvgIpc) is 3.21. The Hall–Kier alpha value is -2.93. The van der Waals surface area contributed by atoms with E-state index in [1.54, 1.807) is 17.7 Å². The van der Waals surface area contributed by atoms with Crippen LogP contribution in [0.25, 0.3) is 21.1 Å². The molecule has 0 radical (unpaired) electrons. The lowest BCUT2D eigenvalue weighted by Gasteiger charge is -2.29. The van der Waals surface area contributed by atoms with Gasteiger partial charge in [-0.3, -0.25) is 4.79 Å². The molecule has 1 aromatic carbocycles. The summed E-state index contributed by atoms with van der Waals surface area (Å²) in [7, 11) is 0. The number of hydrogen-bond acceptors (Lipinski definition) is 5. The molecule has 1 aliphatic heterocycles. The normalized spacial score (nSPS) is 18.5. The van der Waals surface area contributed by atoms with E-state index in [-0.39, 0.29) is 11.4 Å². The van der Waals surface area contributed by atoms with Crippen LogP contribution in [0.3, 0.4) is 0 Å². The summed E-state index contributed by atoms with van der Waals surface area (Å²) in [6, 6.07) is 12.3. The number of anilines is 1. The third-order valence-corrected chi connectivity index (χ3v) is 7.46. The van der Waals surface area contributed by atoms with Crippen LogP contribution in [0.2, 0.25) is 0 Å². The van der Waals surface area contributed by atoms with Gasteiger partial charge in [-0.1, -0.05) is 18.2 Å². The topological polar surface area (TPSA) is 65.1 Å². The predicted molar refractivity (Wildman–Crippen MR) is 116 cm³/mol. The van der Waals surface area contributed by atoms with E-state index in [4.69, 9.17) is 0 Å². The van der Waals surface area contributed by atoms with Gasteiger partial charge < -0.3 is 14.8 Å². The number of carbonyl (C=O) groups excluding carboxylic acids is 1. The van der Waals surface area contributed by atoms with Gasteiger partial charge in [0.05, 0.1) is 10.3 Å². The van der Waals surface area contributed by atoms with Crippen LogP contribution in [0.15, 0.2) is 48.9 Å². The van der Waals surface area contributed by atoms with Gasteiger partial charge in [0.1, 0.15) is 17.8 Å². The lowest BCUT2D eigenvalue weighted by atomic mass is 10.1. The summed E-state index contributed by atoms with van der Waals surface area (Å²) in [4.78, 5) is 30.8. The Balaban J connectivity index is 1.31. The summed E-state index contributed by atoms with van der Waals surface area (Å²) in [6.07, 6.45) is 6.70. The fraction of sp³-hybridized carbons (Fsp3) is 0.318. The van der Waals surface area contributed by atoms with Crippen LogP contribution in [-0.2, 0) is 0 Å². The van der Waals surface area contributed by atoms with Gasteiger partial charge >= 0.3 is 0 Å². The molecule has 0 bridgehead atoms. The second kappa shape index (κ2) is 6.29. The average molecular weight is 404 g/mol. The van der Waals surface area contributed by atoms with Crippen LogP contribution in [0.1, 0.15) is 28.9 Å². The minimum Gasteiger partial charge on any atom is -0.354 e. The van der Waals surface area contributed by atoms with E-state index < -0.39 is 0 Å². The Kier molecular flexibility index (Phi) is 3.68. The highest BCUT2D eigenvalue weighted by molar-refractivity contribution is 7.20. The molecule has 7 heteroatoms. The number of thiophene rings is 1. The predicted octanol–water partition coefficient (Wildman–Crippen LogP) is 4.06. The first kappa shape index (κ1) is 17.0. The summed E-state index contributed by atoms with van der Waals surface area (Å²) in [5.74, 6) is 1.14. The first-order valence-electron chi connectivity index (χ1n) is 10.1. The van der Waals surface area contributed by atoms with Crippen LogP contribution < -0.4 is 4.90 Å². The van der Waals surface area contributed by atoms with Crippen molar-refractivity contribution >= 4 is 44.2 Å². The number of nitrogens with one attached hydrogen (secondary N) is 1. The number of rotatable bonds is 2. The van der Waals surface area contributed by atoms with E-state index in [2.05, 4.69) is 43.0 Å². The monoisotopic (exact) mass is 403 g/mol. The van der Waals surface area contributed by atoms with Crippen molar-refractivity contribution in [2.45, 2.75) is 24.8 Å². The zero-order valence-corrected chi connectivity index (χ0v) is 16.8. The van der Waals surface area contributed by atoms with E-state index in [9.17, 15) is 4.79 Å². The van der Waals surface area contributed by atoms with E-state index in [0.29, 0.717) is 0 Å². The maximum atomic E-state index is 13.5. The van der Waals surface area contributed by atoms with Crippen molar-refractivity contribution in [1.82, 2.24) is 19.9 Å². The van der Waals surface area contributed by atoms with Gasteiger partial charge in [0.2, 0.25) is 0 Å². The highest BCUT2D eigenvalue weighted by atomic mass is 32.1. The quantitative estimate of drug-likeness (QED) is 0.548. The Morgan fingerprint density at radius 3 is 2.83 bits per heavy atom. The minimum atomic E-state index is 0.0201. The highest BCUT2D eigenvalue weighted by Gasteiger charge is 2.51. The number of benzene rings is 1. The van der Waals surface area contributed by atoms with E-state index in [1.165, 1.54) is 4.70 Å². The summed E-state index contributed by atoms with van der Waals surface area (Å²) < 4.78 is 1.17. The Morgan fingerprint density at radius 1 is 1.07 bits per heavy atom. The number of nitrogens with zero attached hydrogens (tertiary/aromatic N) is 4. The van der Waals surface area contributed by atoms with Crippen molar-refractivity contribution in [3.63, 3.8) is 0 Å². The van der Waals surface area contributed by atoms with Crippen LogP contribution in [0.5, 0.6) is 0 Å². The zero-order valence-electron chi connectivity index (χ0n) is 16.0. The molecule has 1 saturated carbocycles. The molecule has 1 saturated heterocycles. The van der Waals surface area contributed by atoms with Gasteiger partial charge in [0.15, 0.2) is 0 Å². The second-order valence-electron chi connectivity index (χ2n) is 8.00. The fourth-order valence-corrected chi connectivity index (χ4v) is 5.58. The van der Waals surface area contributed by atoms with Crippen molar-refractivity contribution < 1.29 is 4.79 Å². The molecular weight excluding hydrogens is 382 g/mol. The molecule has 1 N–H and O–H groups in total. The number of fused-ring (bicyclic) bond motifs is 2. The summed E-state index contributed by atoms with van der Waals surface area (Å²) >= 11 is 1.61. The number of aromatic nitrogens is 3. The summed E-state index contributed by atoms with van der Waals surface area (Å²) in [5.41, 5.74) is 0.880. The standard InChI is InChI=1S/C22H21N5OS/c28-21(18-13-15-3-1-2-4-17(15)29-18)27-12-11-26(10-8-22(27)6-7-22)20-16-5-9-23-19(16)24-14-25-20/h1-5,9,13-14H,6-8,10-12H2,(H,23,24,25). The van der Waals surface area contributed by atoms with Crippen LogP contribution >= 0.6 is 11.3 Å². The first-order chi connectivity index (χ1) is 14.2. The third-order valence-electron chi connectivity index (χ3n) is 6.35. The van der Waals surface area contributed by atoms with Gasteiger partial charge in [-0.2, -0.15) is 0 Å². The van der Waals surface area contributed by atoms with Crippen LogP contribution in [-0.4, -0.2) is 50.9 Å². The Morgan fingerprint density at radius 2 is 1.97 bits per heavy atom. The van der Waals surface area contributed by atoms with Gasteiger partial charge in [0, 0.05) is 36.1 Å². The van der Waals surface area contributed by atoms with Gasteiger partial charge in [-0.25, -0.2) is 9.97 Å². The molecule has 6 nitrogen and oxygen atoms in total. The first-order valence-corrected chi connectivity index (χ1v) is 10.9. The molecule has 4 heterocycles. The van der Waals surface area contributed by atoms with Crippen molar-refractivity contribution in [1.29, 1.82) is 0 Å². The SMILES string of the molecule is O=C(c1cc2ccccc2s1)N1CCN(c2ncnc3[nH]ccc23)CCC12CC2. The molecule has 3 aromatic heterocycles. The van der Waals surface area contributed by atoms with Gasteiger partial charge in [-0.05, 0) is 42.8 Å². The summed E-state index contributed by atoms with van der Waals surface area (Å²) in [6.45, 7) is 2.42. The molecule has 1 aliphatic carbocycles. The maximum Gasteiger partial charge on any atom is 0.264 e. The number of hydrogen-bond donors (Lipinski definition) is 1. The molecule has 2 aliphatic rings. The zero-order chi connectivity index (χ0) is 19.4. The van der Waals surface area contributed by atoms with Crippen molar-refractivity contribution in [2.75, 3.05) is 24.5 Å². The summed E-state index contributed by atoms with van der Waals surface area (Å²) in [5, 5.41) is 2.19. The fourth-order valence-electron chi connectivity index (χ4n) is 4.57. The Labute approximate surface area is 172 Å². The molecule has 0 atom stereocenters. The molecule has 6 rings (SSSR count). The van der Waals surface area contributed by atoms with Crippen molar-refractivity contribution in [3.8, 4) is 0 Å². The highest BCUT2D eigenvalue weighted by Crippen LogP contribution is 2.47. The molecule has 0 unspecified atom stereocenters. The number of carbonyl (C=O) groups is 1. The van der Waals surface area contributed by atoms with Gasteiger partial charge in [-0.15, -0.1) is 11.3 Å². The number of aromatic amines is 1. The maximum absolute atomic E-state index is 13.5. The largest absolute Gasteiger partial charge is 0.354 e. The van der Waals surface area contributed by atoms with E-state index in [0.717, 1.165) is 66.0 Å². The lowest BCUT2D eigenvalue weighted by molar-refractivity contribution is 0.0668. The number of H-pyrrole nitrogens is 1. The van der Waals surface area contributed by atoms with Crippen molar-refractivity contribution in [2.24, 2.45) is 0 Å². The molecule has 29 heavy (non-hydrogen) atoms. The van der Waals surface area contributed by atoms with Crippen LogP contribution in [0, 0.1) is 0 Å². The molecule has 1 spiro atoms. The molecule has 146 valence electrons. The van der Waals surface area contributed by atoms with E-state index >= 15 is 0 Å². The second-order valence-corrected chi connectivity index (χ2v) is 9.09. The van der Waals surface area contributed by atoms with Crippen molar-refractivity contribution in [3.05, 3.63) is 53.8 Å². The van der Waals surface area contributed by atoms with Crippen LogP contribution in [0.4, 0.5) is 5.82 Å². The van der Waals surface area contributed by atoms with Gasteiger partial charge in [0.25, 0.3) is 5.91 Å². The minimum absolute atomic E-state index is 0.0201. The third kappa shape index (κ3) is 2.72. The molecule has 4 aromatic rings. The lowest BCUT2D eigenvalue weighted by Crippen LogP contribution is -2.42. The molecule has 2 fully saturated rings. The van der Waals surface area contributed by atoms with E-state index in [1.807, 2.05) is 24.4 Å².